The first-order valence-corrected chi connectivity index (χ1v) is 7.96. The molecule has 0 aromatic heterocycles. The minimum atomic E-state index is -4.07. The molecule has 22 heavy (non-hydrogen) atoms. The number of methoxy groups -OCH3 is 1. The summed E-state index contributed by atoms with van der Waals surface area (Å²) in [7, 11) is -3.00. The number of hydrogen-bond donors (Lipinski definition) is 2. The maximum absolute atomic E-state index is 13.8. The van der Waals surface area contributed by atoms with Gasteiger partial charge in [0, 0.05) is 18.7 Å². The first-order chi connectivity index (χ1) is 10.2. The predicted octanol–water partition coefficient (Wildman–Crippen LogP) is 1.02. The largest absolute Gasteiger partial charge is 0.488 e. The van der Waals surface area contributed by atoms with Crippen LogP contribution in [0.4, 0.5) is 10.1 Å². The summed E-state index contributed by atoms with van der Waals surface area (Å²) < 4.78 is 44.8. The second-order valence-corrected chi connectivity index (χ2v) is 6.29. The van der Waals surface area contributed by atoms with Crippen molar-refractivity contribution in [1.82, 2.24) is 10.0 Å². The fourth-order valence-electron chi connectivity index (χ4n) is 1.79. The number of hydrogen-bond acceptors (Lipinski definition) is 6. The Kier molecular flexibility index (Phi) is 6.21. The van der Waals surface area contributed by atoms with Crippen LogP contribution >= 0.6 is 0 Å². The number of sulfonamides is 1. The molecule has 0 bridgehead atoms. The minimum Gasteiger partial charge on any atom is -0.488 e. The lowest BCUT2D eigenvalue weighted by molar-refractivity contribution is -0.386. The van der Waals surface area contributed by atoms with Crippen molar-refractivity contribution in [3.63, 3.8) is 0 Å². The van der Waals surface area contributed by atoms with Crippen LogP contribution in [0, 0.1) is 15.9 Å². The number of nitro benzene ring substituents is 1. The van der Waals surface area contributed by atoms with Crippen LogP contribution in [-0.2, 0) is 10.0 Å². The summed E-state index contributed by atoms with van der Waals surface area (Å²) in [6, 6.07) is 1.31. The highest BCUT2D eigenvalue weighted by molar-refractivity contribution is 7.89. The molecule has 0 saturated heterocycles. The lowest BCUT2D eigenvalue weighted by atomic mass is 10.3. The summed E-state index contributed by atoms with van der Waals surface area (Å²) in [5.41, 5.74) is -0.748. The Morgan fingerprint density at radius 2 is 2.09 bits per heavy atom. The number of ether oxygens (including phenoxy) is 1. The first-order valence-electron chi connectivity index (χ1n) is 6.47. The Balaban J connectivity index is 3.12. The van der Waals surface area contributed by atoms with E-state index in [9.17, 15) is 22.9 Å². The molecule has 124 valence electrons. The van der Waals surface area contributed by atoms with Crippen LogP contribution in [-0.4, -0.2) is 39.6 Å². The number of nitro groups is 1. The lowest BCUT2D eigenvalue weighted by Gasteiger charge is -2.14. The van der Waals surface area contributed by atoms with E-state index in [0.29, 0.717) is 12.6 Å². The number of likely N-dealkylation sites (N-methyl/N-ethyl adjacent to an activating group) is 1. The average molecular weight is 335 g/mol. The summed E-state index contributed by atoms with van der Waals surface area (Å²) in [6.07, 6.45) is 0. The molecule has 2 N–H and O–H groups in total. The molecule has 0 saturated carbocycles. The monoisotopic (exact) mass is 335 g/mol. The molecule has 0 heterocycles. The molecule has 10 heteroatoms. The smallest absolute Gasteiger partial charge is 0.315 e. The number of benzene rings is 1. The van der Waals surface area contributed by atoms with E-state index in [1.165, 1.54) is 0 Å². The van der Waals surface area contributed by atoms with Crippen molar-refractivity contribution in [3.05, 3.63) is 28.1 Å². The van der Waals surface area contributed by atoms with E-state index in [1.807, 2.05) is 6.92 Å². The van der Waals surface area contributed by atoms with E-state index in [1.54, 1.807) is 6.92 Å². The second kappa shape index (κ2) is 7.47. The minimum absolute atomic E-state index is 0.0671. The van der Waals surface area contributed by atoms with Crippen molar-refractivity contribution in [3.8, 4) is 5.75 Å². The third-order valence-electron chi connectivity index (χ3n) is 2.84. The Morgan fingerprint density at radius 3 is 2.59 bits per heavy atom. The summed E-state index contributed by atoms with van der Waals surface area (Å²) >= 11 is 0. The summed E-state index contributed by atoms with van der Waals surface area (Å²) in [5.74, 6) is -1.72. The standard InChI is InChI=1S/C12H18FN3O5S/c1-4-14-8(2)7-15-22(19,20)9-5-10(13)12(21-3)11(6-9)16(17)18/h5-6,8,14-15H,4,7H2,1-3H3/t8-/m1/s1. The van der Waals surface area contributed by atoms with Gasteiger partial charge in [0.15, 0.2) is 5.82 Å². The maximum atomic E-state index is 13.8. The van der Waals surface area contributed by atoms with Gasteiger partial charge in [-0.25, -0.2) is 17.5 Å². The SMILES string of the molecule is CCN[C@H](C)CNS(=O)(=O)c1cc(F)c(OC)c([N+](=O)[O-])c1. The van der Waals surface area contributed by atoms with Gasteiger partial charge in [0.25, 0.3) is 0 Å². The molecule has 0 aliphatic carbocycles. The molecule has 1 aromatic carbocycles. The van der Waals surface area contributed by atoms with E-state index in [0.717, 1.165) is 13.2 Å². The van der Waals surface area contributed by atoms with Crippen molar-refractivity contribution < 1.29 is 22.5 Å². The zero-order valence-electron chi connectivity index (χ0n) is 12.4. The topological polar surface area (TPSA) is 111 Å². The van der Waals surface area contributed by atoms with Gasteiger partial charge in [-0.15, -0.1) is 0 Å². The van der Waals surface area contributed by atoms with Crippen molar-refractivity contribution in [1.29, 1.82) is 0 Å². The molecule has 0 aliphatic heterocycles. The Labute approximate surface area is 127 Å². The van der Waals surface area contributed by atoms with Crippen molar-refractivity contribution >= 4 is 15.7 Å². The van der Waals surface area contributed by atoms with Gasteiger partial charge in [0.1, 0.15) is 0 Å². The van der Waals surface area contributed by atoms with E-state index < -0.39 is 37.1 Å². The highest BCUT2D eigenvalue weighted by atomic mass is 32.2. The molecule has 0 spiro atoms. The van der Waals surface area contributed by atoms with Gasteiger partial charge in [0.2, 0.25) is 15.8 Å². The van der Waals surface area contributed by atoms with Crippen molar-refractivity contribution in [2.75, 3.05) is 20.2 Å². The van der Waals surface area contributed by atoms with Crippen LogP contribution < -0.4 is 14.8 Å². The van der Waals surface area contributed by atoms with Crippen LogP contribution in [0.5, 0.6) is 5.75 Å². The molecule has 0 radical (unpaired) electrons. The van der Waals surface area contributed by atoms with Gasteiger partial charge in [-0.05, 0) is 19.5 Å². The van der Waals surface area contributed by atoms with Crippen LogP contribution in [0.2, 0.25) is 0 Å². The average Bonchev–Trinajstić information content (AvgIpc) is 2.44. The second-order valence-electron chi connectivity index (χ2n) is 4.53. The van der Waals surface area contributed by atoms with Crippen LogP contribution in [0.15, 0.2) is 17.0 Å². The van der Waals surface area contributed by atoms with Crippen LogP contribution in [0.3, 0.4) is 0 Å². The van der Waals surface area contributed by atoms with E-state index >= 15 is 0 Å². The fourth-order valence-corrected chi connectivity index (χ4v) is 2.95. The molecule has 1 aromatic rings. The zero-order chi connectivity index (χ0) is 16.9. The quantitative estimate of drug-likeness (QED) is 0.542. The molecule has 0 aliphatic rings. The summed E-state index contributed by atoms with van der Waals surface area (Å²) in [4.78, 5) is 9.47. The predicted molar refractivity (Wildman–Crippen MR) is 77.9 cm³/mol. The van der Waals surface area contributed by atoms with E-state index in [-0.39, 0.29) is 12.6 Å². The zero-order valence-corrected chi connectivity index (χ0v) is 13.2. The number of rotatable bonds is 8. The van der Waals surface area contributed by atoms with Gasteiger partial charge < -0.3 is 10.1 Å². The lowest BCUT2D eigenvalue weighted by Crippen LogP contribution is -2.38. The van der Waals surface area contributed by atoms with Gasteiger partial charge in [-0.1, -0.05) is 6.92 Å². The Bertz CT molecular complexity index is 650. The Morgan fingerprint density at radius 1 is 1.45 bits per heavy atom. The molecule has 0 amide bonds. The van der Waals surface area contributed by atoms with Gasteiger partial charge >= 0.3 is 5.69 Å². The van der Waals surface area contributed by atoms with Crippen LogP contribution in [0.1, 0.15) is 13.8 Å². The maximum Gasteiger partial charge on any atom is 0.315 e. The summed E-state index contributed by atoms with van der Waals surface area (Å²) in [5, 5.41) is 13.9. The van der Waals surface area contributed by atoms with E-state index in [4.69, 9.17) is 0 Å². The Hall–Kier alpha value is -1.78. The molecule has 0 unspecified atom stereocenters. The molecule has 1 atom stereocenters. The number of nitrogens with one attached hydrogen (secondary N) is 2. The molecular formula is C12H18FN3O5S. The summed E-state index contributed by atoms with van der Waals surface area (Å²) in [6.45, 7) is 4.36. The molecule has 0 fully saturated rings. The molecular weight excluding hydrogens is 317 g/mol. The molecule has 1 rings (SSSR count). The van der Waals surface area contributed by atoms with Crippen LogP contribution in [0.25, 0.3) is 0 Å². The highest BCUT2D eigenvalue weighted by Crippen LogP contribution is 2.32. The van der Waals surface area contributed by atoms with Crippen molar-refractivity contribution in [2.45, 2.75) is 24.8 Å². The van der Waals surface area contributed by atoms with Gasteiger partial charge in [-0.2, -0.15) is 0 Å². The first kappa shape index (κ1) is 18.3. The van der Waals surface area contributed by atoms with Gasteiger partial charge in [-0.3, -0.25) is 10.1 Å². The third-order valence-corrected chi connectivity index (χ3v) is 4.24. The molecule has 8 nitrogen and oxygen atoms in total. The number of nitrogens with zero attached hydrogens (tertiary/aromatic N) is 1. The highest BCUT2D eigenvalue weighted by Gasteiger charge is 2.26. The van der Waals surface area contributed by atoms with Gasteiger partial charge in [0.05, 0.1) is 16.9 Å². The normalized spacial score (nSPS) is 12.9. The third kappa shape index (κ3) is 4.36. The van der Waals surface area contributed by atoms with Crippen molar-refractivity contribution in [2.24, 2.45) is 0 Å². The fraction of sp³-hybridized carbons (Fsp3) is 0.500. The van der Waals surface area contributed by atoms with E-state index in [2.05, 4.69) is 14.8 Å². The number of halogens is 1.